The maximum atomic E-state index is 11.8. The van der Waals surface area contributed by atoms with E-state index in [9.17, 15) is 15.0 Å². The summed E-state index contributed by atoms with van der Waals surface area (Å²) in [4.78, 5) is 18.3. The molecule has 0 bridgehead atoms. The monoisotopic (exact) mass is 270 g/mol. The first-order valence-corrected chi connectivity index (χ1v) is 5.79. The minimum absolute atomic E-state index is 0.00662. The van der Waals surface area contributed by atoms with Gasteiger partial charge < -0.3 is 30.3 Å². The van der Waals surface area contributed by atoms with Crippen LogP contribution in [0.3, 0.4) is 0 Å². The van der Waals surface area contributed by atoms with Crippen molar-refractivity contribution in [2.75, 3.05) is 24.4 Å². The van der Waals surface area contributed by atoms with E-state index in [2.05, 4.69) is 20.6 Å². The molecule has 9 heteroatoms. The molecule has 2 aliphatic rings. The lowest BCUT2D eigenvalue weighted by Crippen LogP contribution is -2.61. The van der Waals surface area contributed by atoms with Gasteiger partial charge in [-0.3, -0.25) is 9.78 Å². The average Bonchev–Trinajstić information content (AvgIpc) is 2.41. The Kier molecular flexibility index (Phi) is 2.81. The number of aromatic amines is 1. The molecule has 4 atom stereocenters. The number of H-pyrrole nitrogens is 1. The van der Waals surface area contributed by atoms with Crippen molar-refractivity contribution < 1.29 is 19.7 Å². The normalized spacial score (nSPS) is 32.6. The van der Waals surface area contributed by atoms with Crippen molar-refractivity contribution in [1.29, 1.82) is 0 Å². The van der Waals surface area contributed by atoms with Gasteiger partial charge in [0.2, 0.25) is 0 Å². The van der Waals surface area contributed by atoms with Gasteiger partial charge in [0.25, 0.3) is 11.6 Å². The number of hydrogen-bond donors (Lipinski definition) is 5. The molecular formula is C10H14N4O5. The summed E-state index contributed by atoms with van der Waals surface area (Å²) in [5, 5.41) is 25.2. The second-order valence-corrected chi connectivity index (χ2v) is 4.43. The third-order valence-electron chi connectivity index (χ3n) is 3.22. The molecule has 1 aromatic rings. The fourth-order valence-corrected chi connectivity index (χ4v) is 2.20. The number of ether oxygens (including phenoxy) is 2. The molecule has 104 valence electrons. The average molecular weight is 270 g/mol. The number of aromatic nitrogens is 2. The van der Waals surface area contributed by atoms with Crippen LogP contribution in [0.15, 0.2) is 4.79 Å². The Morgan fingerprint density at radius 1 is 1.42 bits per heavy atom. The van der Waals surface area contributed by atoms with Crippen LogP contribution in [-0.2, 0) is 4.74 Å². The maximum Gasteiger partial charge on any atom is 0.298 e. The molecule has 0 saturated carbocycles. The van der Waals surface area contributed by atoms with Crippen molar-refractivity contribution in [2.24, 2.45) is 0 Å². The molecule has 0 aliphatic carbocycles. The summed E-state index contributed by atoms with van der Waals surface area (Å²) < 4.78 is 10.2. The summed E-state index contributed by atoms with van der Waals surface area (Å²) in [5.74, 6) is 0.283. The SMILES string of the molecule is COc1nc2c(c(=O)[nH]1)N[C@H]1[C@@H](O)[C@H](O)CO[C@H]1N2. The van der Waals surface area contributed by atoms with Crippen molar-refractivity contribution >= 4 is 11.5 Å². The van der Waals surface area contributed by atoms with Crippen LogP contribution in [0.25, 0.3) is 0 Å². The molecule has 5 N–H and O–H groups in total. The maximum absolute atomic E-state index is 11.8. The van der Waals surface area contributed by atoms with Gasteiger partial charge in [-0.25, -0.2) is 0 Å². The number of nitrogens with zero attached hydrogens (tertiary/aromatic N) is 1. The Labute approximate surface area is 107 Å². The lowest BCUT2D eigenvalue weighted by atomic mass is 9.99. The minimum Gasteiger partial charge on any atom is -0.468 e. The first-order chi connectivity index (χ1) is 9.10. The second-order valence-electron chi connectivity index (χ2n) is 4.43. The highest BCUT2D eigenvalue weighted by Gasteiger charge is 2.42. The van der Waals surface area contributed by atoms with Crippen LogP contribution in [0.2, 0.25) is 0 Å². The van der Waals surface area contributed by atoms with E-state index in [1.807, 2.05) is 0 Å². The molecule has 0 unspecified atom stereocenters. The van der Waals surface area contributed by atoms with Crippen molar-refractivity contribution in [3.8, 4) is 6.01 Å². The number of anilines is 2. The lowest BCUT2D eigenvalue weighted by Gasteiger charge is -2.42. The molecule has 2 aliphatic heterocycles. The predicted octanol–water partition coefficient (Wildman–Crippen LogP) is -1.94. The van der Waals surface area contributed by atoms with Crippen LogP contribution in [0.5, 0.6) is 6.01 Å². The van der Waals surface area contributed by atoms with Crippen LogP contribution in [0, 0.1) is 0 Å². The summed E-state index contributed by atoms with van der Waals surface area (Å²) in [6.45, 7) is 0.00662. The van der Waals surface area contributed by atoms with Gasteiger partial charge in [-0.05, 0) is 0 Å². The van der Waals surface area contributed by atoms with E-state index >= 15 is 0 Å². The highest BCUT2D eigenvalue weighted by molar-refractivity contribution is 5.67. The first-order valence-electron chi connectivity index (χ1n) is 5.79. The number of fused-ring (bicyclic) bond motifs is 2. The highest BCUT2D eigenvalue weighted by Crippen LogP contribution is 2.29. The topological polar surface area (TPSA) is 129 Å². The Morgan fingerprint density at radius 3 is 2.95 bits per heavy atom. The van der Waals surface area contributed by atoms with E-state index in [1.165, 1.54) is 7.11 Å². The molecule has 0 radical (unpaired) electrons. The zero-order chi connectivity index (χ0) is 13.6. The van der Waals surface area contributed by atoms with Crippen LogP contribution in [0.1, 0.15) is 0 Å². The first kappa shape index (κ1) is 12.2. The molecule has 0 spiro atoms. The van der Waals surface area contributed by atoms with Gasteiger partial charge in [-0.15, -0.1) is 0 Å². The molecule has 9 nitrogen and oxygen atoms in total. The van der Waals surface area contributed by atoms with Gasteiger partial charge in [-0.2, -0.15) is 4.98 Å². The number of rotatable bonds is 1. The lowest BCUT2D eigenvalue weighted by molar-refractivity contribution is -0.121. The van der Waals surface area contributed by atoms with Crippen molar-refractivity contribution in [3.63, 3.8) is 0 Å². The van der Waals surface area contributed by atoms with Gasteiger partial charge in [0.15, 0.2) is 12.0 Å². The molecule has 3 rings (SSSR count). The molecule has 1 aromatic heterocycles. The fourth-order valence-electron chi connectivity index (χ4n) is 2.20. The van der Waals surface area contributed by atoms with E-state index in [1.54, 1.807) is 0 Å². The Hall–Kier alpha value is -1.84. The summed E-state index contributed by atoms with van der Waals surface area (Å²) in [5.41, 5.74) is -0.251. The van der Waals surface area contributed by atoms with Gasteiger partial charge in [-0.1, -0.05) is 0 Å². The van der Waals surface area contributed by atoms with Crippen molar-refractivity contribution in [2.45, 2.75) is 24.5 Å². The number of nitrogens with one attached hydrogen (secondary N) is 3. The summed E-state index contributed by atoms with van der Waals surface area (Å²) >= 11 is 0. The number of aliphatic hydroxyl groups excluding tert-OH is 2. The highest BCUT2D eigenvalue weighted by atomic mass is 16.5. The van der Waals surface area contributed by atoms with E-state index in [0.29, 0.717) is 0 Å². The van der Waals surface area contributed by atoms with Crippen molar-refractivity contribution in [3.05, 3.63) is 10.4 Å². The molecule has 0 amide bonds. The Bertz CT molecular complexity index is 547. The second kappa shape index (κ2) is 4.37. The molecule has 1 fully saturated rings. The van der Waals surface area contributed by atoms with Gasteiger partial charge in [0.1, 0.15) is 17.9 Å². The molecule has 0 aromatic carbocycles. The van der Waals surface area contributed by atoms with Crippen LogP contribution in [-0.4, -0.2) is 58.4 Å². The van der Waals surface area contributed by atoms with Gasteiger partial charge >= 0.3 is 0 Å². The molecule has 1 saturated heterocycles. The molecule has 19 heavy (non-hydrogen) atoms. The summed E-state index contributed by atoms with van der Waals surface area (Å²) in [6, 6.07) is -0.555. The molecule has 3 heterocycles. The summed E-state index contributed by atoms with van der Waals surface area (Å²) in [6.07, 6.45) is -2.62. The molecular weight excluding hydrogens is 256 g/mol. The van der Waals surface area contributed by atoms with Crippen LogP contribution < -0.4 is 20.9 Å². The van der Waals surface area contributed by atoms with E-state index in [0.717, 1.165) is 0 Å². The standard InChI is InChI=1S/C10H14N4O5/c1-18-10-13-7-5(8(17)14-10)11-4-6(16)3(15)2-19-9(4)12-7/h3-4,6,9,11,15-16H,2H2,1H3,(H2,12,13,14,17)/t3-,4+,6+,9-/m1/s1. The quantitative estimate of drug-likeness (QED) is 0.399. The smallest absolute Gasteiger partial charge is 0.298 e. The van der Waals surface area contributed by atoms with E-state index < -0.39 is 30.0 Å². The zero-order valence-corrected chi connectivity index (χ0v) is 10.1. The van der Waals surface area contributed by atoms with Gasteiger partial charge in [0, 0.05) is 0 Å². The number of methoxy groups -OCH3 is 1. The predicted molar refractivity (Wildman–Crippen MR) is 64.2 cm³/mol. The summed E-state index contributed by atoms with van der Waals surface area (Å²) in [7, 11) is 1.39. The van der Waals surface area contributed by atoms with E-state index in [4.69, 9.17) is 9.47 Å². The van der Waals surface area contributed by atoms with Crippen molar-refractivity contribution in [1.82, 2.24) is 9.97 Å². The van der Waals surface area contributed by atoms with Gasteiger partial charge in [0.05, 0.1) is 19.8 Å². The largest absolute Gasteiger partial charge is 0.468 e. The minimum atomic E-state index is -1.04. The zero-order valence-electron chi connectivity index (χ0n) is 10.1. The Balaban J connectivity index is 1.98. The van der Waals surface area contributed by atoms with E-state index in [-0.39, 0.29) is 24.1 Å². The third-order valence-corrected chi connectivity index (χ3v) is 3.22. The van der Waals surface area contributed by atoms with Crippen LogP contribution >= 0.6 is 0 Å². The fraction of sp³-hybridized carbons (Fsp3) is 0.600. The third kappa shape index (κ3) is 1.91. The number of hydrogen-bond acceptors (Lipinski definition) is 8. The Morgan fingerprint density at radius 2 is 2.21 bits per heavy atom. The van der Waals surface area contributed by atoms with Crippen LogP contribution in [0.4, 0.5) is 11.5 Å². The number of aliphatic hydroxyl groups is 2.